The van der Waals surface area contributed by atoms with E-state index in [0.29, 0.717) is 12.2 Å². The topological polar surface area (TPSA) is 79.7 Å². The van der Waals surface area contributed by atoms with Crippen molar-refractivity contribution in [1.82, 2.24) is 9.88 Å². The molecule has 26 heavy (non-hydrogen) atoms. The Labute approximate surface area is 151 Å². The third kappa shape index (κ3) is 3.23. The van der Waals surface area contributed by atoms with Crippen LogP contribution in [0.3, 0.4) is 0 Å². The van der Waals surface area contributed by atoms with Gasteiger partial charge in [0.25, 0.3) is 11.7 Å². The van der Waals surface area contributed by atoms with Crippen molar-refractivity contribution >= 4 is 17.4 Å². The minimum absolute atomic E-state index is 0.0860. The van der Waals surface area contributed by atoms with Gasteiger partial charge in [0, 0.05) is 31.6 Å². The van der Waals surface area contributed by atoms with E-state index in [0.717, 1.165) is 11.1 Å². The molecule has 6 nitrogen and oxygen atoms in total. The number of Topliss-reactive ketones (excluding diaryl/α,β-unsaturated/α-hetero) is 1. The van der Waals surface area contributed by atoms with Crippen LogP contribution in [-0.2, 0) is 14.3 Å². The smallest absolute Gasteiger partial charge is 0.295 e. The first-order valence-corrected chi connectivity index (χ1v) is 8.29. The Kier molecular flexibility index (Phi) is 5.14. The summed E-state index contributed by atoms with van der Waals surface area (Å²) in [5.41, 5.74) is 2.31. The molecular formula is C20H20N2O4. The molecule has 6 heteroatoms. The number of hydrogen-bond donors (Lipinski definition) is 1. The number of amides is 1. The second-order valence-corrected chi connectivity index (χ2v) is 6.14. The largest absolute Gasteiger partial charge is 0.507 e. The number of hydrogen-bond acceptors (Lipinski definition) is 5. The first-order valence-electron chi connectivity index (χ1n) is 8.29. The Morgan fingerprint density at radius 2 is 1.96 bits per heavy atom. The van der Waals surface area contributed by atoms with Gasteiger partial charge in [-0.25, -0.2) is 0 Å². The van der Waals surface area contributed by atoms with Gasteiger partial charge < -0.3 is 14.7 Å². The molecule has 0 saturated carbocycles. The number of likely N-dealkylation sites (tertiary alicyclic amines) is 1. The third-order valence-corrected chi connectivity index (χ3v) is 4.39. The zero-order valence-corrected chi connectivity index (χ0v) is 14.7. The van der Waals surface area contributed by atoms with Crippen LogP contribution >= 0.6 is 0 Å². The maximum Gasteiger partial charge on any atom is 0.295 e. The Morgan fingerprint density at radius 3 is 2.62 bits per heavy atom. The van der Waals surface area contributed by atoms with Crippen LogP contribution in [0, 0.1) is 6.92 Å². The van der Waals surface area contributed by atoms with Crippen molar-refractivity contribution in [2.75, 3.05) is 20.3 Å². The van der Waals surface area contributed by atoms with Crippen molar-refractivity contribution in [2.45, 2.75) is 13.0 Å². The number of aliphatic hydroxyl groups is 1. The number of benzene rings is 1. The fourth-order valence-electron chi connectivity index (χ4n) is 3.15. The van der Waals surface area contributed by atoms with Gasteiger partial charge in [-0.1, -0.05) is 29.8 Å². The molecule has 1 atom stereocenters. The van der Waals surface area contributed by atoms with E-state index in [4.69, 9.17) is 4.74 Å². The van der Waals surface area contributed by atoms with Gasteiger partial charge in [0.05, 0.1) is 18.2 Å². The van der Waals surface area contributed by atoms with Gasteiger partial charge in [-0.05, 0) is 24.6 Å². The van der Waals surface area contributed by atoms with Crippen LogP contribution in [0.4, 0.5) is 0 Å². The lowest BCUT2D eigenvalue weighted by Gasteiger charge is -2.25. The standard InChI is InChI=1S/C20H20N2O4/c1-13-4-3-5-15(12-13)17-16(18(23)14-6-8-21-9-7-14)19(24)20(25)22(17)10-11-26-2/h3-9,12,17,23H,10-11H2,1-2H3/b18-16-. The summed E-state index contributed by atoms with van der Waals surface area (Å²) in [6.07, 6.45) is 3.05. The quantitative estimate of drug-likeness (QED) is 0.508. The predicted octanol–water partition coefficient (Wildman–Crippen LogP) is 2.46. The van der Waals surface area contributed by atoms with Crippen molar-refractivity contribution in [3.05, 3.63) is 71.1 Å². The number of ether oxygens (including phenoxy) is 1. The molecule has 0 bridgehead atoms. The monoisotopic (exact) mass is 352 g/mol. The van der Waals surface area contributed by atoms with Gasteiger partial charge in [0.15, 0.2) is 0 Å². The molecule has 1 fully saturated rings. The number of ketones is 1. The van der Waals surface area contributed by atoms with Gasteiger partial charge in [0.2, 0.25) is 0 Å². The highest BCUT2D eigenvalue weighted by molar-refractivity contribution is 6.46. The number of carbonyl (C=O) groups is 2. The van der Waals surface area contributed by atoms with E-state index in [2.05, 4.69) is 4.98 Å². The zero-order valence-electron chi connectivity index (χ0n) is 14.7. The second-order valence-electron chi connectivity index (χ2n) is 6.14. The summed E-state index contributed by atoms with van der Waals surface area (Å²) in [4.78, 5) is 30.7. The van der Waals surface area contributed by atoms with Crippen LogP contribution in [0.5, 0.6) is 0 Å². The first-order chi connectivity index (χ1) is 12.5. The molecule has 0 aliphatic carbocycles. The van der Waals surface area contributed by atoms with Gasteiger partial charge in [-0.2, -0.15) is 0 Å². The molecule has 1 aliphatic heterocycles. The van der Waals surface area contributed by atoms with E-state index < -0.39 is 17.7 Å². The van der Waals surface area contributed by atoms with Crippen LogP contribution in [-0.4, -0.2) is 46.9 Å². The molecule has 1 saturated heterocycles. The molecule has 1 aliphatic rings. The van der Waals surface area contributed by atoms with Crippen molar-refractivity contribution in [3.8, 4) is 0 Å². The molecular weight excluding hydrogens is 332 g/mol. The highest BCUT2D eigenvalue weighted by Gasteiger charge is 2.45. The predicted molar refractivity (Wildman–Crippen MR) is 96.3 cm³/mol. The molecule has 3 rings (SSSR count). The average molecular weight is 352 g/mol. The van der Waals surface area contributed by atoms with Crippen molar-refractivity contribution in [1.29, 1.82) is 0 Å². The summed E-state index contributed by atoms with van der Waals surface area (Å²) in [6.45, 7) is 2.49. The number of carbonyl (C=O) groups excluding carboxylic acids is 2. The number of methoxy groups -OCH3 is 1. The van der Waals surface area contributed by atoms with E-state index in [1.165, 1.54) is 24.4 Å². The molecule has 1 aromatic heterocycles. The summed E-state index contributed by atoms with van der Waals surface area (Å²) in [5.74, 6) is -1.52. The number of rotatable bonds is 5. The fraction of sp³-hybridized carbons (Fsp3) is 0.250. The van der Waals surface area contributed by atoms with Gasteiger partial charge >= 0.3 is 0 Å². The number of aromatic nitrogens is 1. The fourth-order valence-corrected chi connectivity index (χ4v) is 3.15. The summed E-state index contributed by atoms with van der Waals surface area (Å²) >= 11 is 0. The molecule has 1 unspecified atom stereocenters. The number of aryl methyl sites for hydroxylation is 1. The third-order valence-electron chi connectivity index (χ3n) is 4.39. The molecule has 0 radical (unpaired) electrons. The molecule has 0 spiro atoms. The van der Waals surface area contributed by atoms with Crippen LogP contribution in [0.2, 0.25) is 0 Å². The van der Waals surface area contributed by atoms with Crippen molar-refractivity contribution in [2.24, 2.45) is 0 Å². The van der Waals surface area contributed by atoms with Crippen LogP contribution in [0.15, 0.2) is 54.4 Å². The Morgan fingerprint density at radius 1 is 1.23 bits per heavy atom. The van der Waals surface area contributed by atoms with E-state index in [1.807, 2.05) is 31.2 Å². The lowest BCUT2D eigenvalue weighted by Crippen LogP contribution is -2.32. The number of nitrogens with zero attached hydrogens (tertiary/aromatic N) is 2. The lowest BCUT2D eigenvalue weighted by molar-refractivity contribution is -0.140. The minimum atomic E-state index is -0.693. The van der Waals surface area contributed by atoms with Gasteiger partial charge in [-0.3, -0.25) is 14.6 Å². The maximum atomic E-state index is 12.7. The normalized spacial score (nSPS) is 19.2. The molecule has 134 valence electrons. The molecule has 1 aromatic carbocycles. The summed E-state index contributed by atoms with van der Waals surface area (Å²) in [6, 6.07) is 10.1. The van der Waals surface area contributed by atoms with E-state index in [1.54, 1.807) is 12.1 Å². The summed E-state index contributed by atoms with van der Waals surface area (Å²) in [7, 11) is 1.54. The van der Waals surface area contributed by atoms with Gasteiger partial charge in [0.1, 0.15) is 5.76 Å². The molecule has 1 amide bonds. The van der Waals surface area contributed by atoms with Crippen LogP contribution in [0.25, 0.3) is 5.76 Å². The van der Waals surface area contributed by atoms with E-state index >= 15 is 0 Å². The van der Waals surface area contributed by atoms with Crippen LogP contribution < -0.4 is 0 Å². The Balaban J connectivity index is 2.16. The van der Waals surface area contributed by atoms with Crippen molar-refractivity contribution < 1.29 is 19.4 Å². The summed E-state index contributed by atoms with van der Waals surface area (Å²) in [5, 5.41) is 10.8. The number of aliphatic hydroxyl groups excluding tert-OH is 1. The SMILES string of the molecule is COCCN1C(=O)C(=O)/C(=C(\O)c2ccncc2)C1c1cccc(C)c1. The molecule has 1 N–H and O–H groups in total. The minimum Gasteiger partial charge on any atom is -0.507 e. The Bertz CT molecular complexity index is 861. The average Bonchev–Trinajstić information content (AvgIpc) is 2.91. The summed E-state index contributed by atoms with van der Waals surface area (Å²) < 4.78 is 5.08. The van der Waals surface area contributed by atoms with E-state index in [9.17, 15) is 14.7 Å². The number of pyridine rings is 1. The lowest BCUT2D eigenvalue weighted by atomic mass is 9.94. The second kappa shape index (κ2) is 7.49. The molecule has 2 aromatic rings. The highest BCUT2D eigenvalue weighted by atomic mass is 16.5. The highest BCUT2D eigenvalue weighted by Crippen LogP contribution is 2.39. The zero-order chi connectivity index (χ0) is 18.7. The Hall–Kier alpha value is -2.99. The molecule has 2 heterocycles. The van der Waals surface area contributed by atoms with E-state index in [-0.39, 0.29) is 17.9 Å². The van der Waals surface area contributed by atoms with Crippen LogP contribution in [0.1, 0.15) is 22.7 Å². The maximum absolute atomic E-state index is 12.7. The first kappa shape index (κ1) is 17.8. The van der Waals surface area contributed by atoms with Gasteiger partial charge in [-0.15, -0.1) is 0 Å². The van der Waals surface area contributed by atoms with Crippen molar-refractivity contribution in [3.63, 3.8) is 0 Å².